The molecular weight excluding hydrogens is 311 g/mol. The summed E-state index contributed by atoms with van der Waals surface area (Å²) in [6.45, 7) is 0.410. The lowest BCUT2D eigenvalue weighted by Gasteiger charge is -2.20. The average Bonchev–Trinajstić information content (AvgIpc) is 3.07. The molecule has 1 aromatic carbocycles. The van der Waals surface area contributed by atoms with Gasteiger partial charge in [0.2, 0.25) is 0 Å². The van der Waals surface area contributed by atoms with Crippen LogP contribution < -0.4 is 10.5 Å². The van der Waals surface area contributed by atoms with Crippen molar-refractivity contribution in [1.82, 2.24) is 0 Å². The number of ether oxygens (including phenoxy) is 1. The molecule has 0 aliphatic heterocycles. The number of methoxy groups -OCH3 is 1. The Bertz CT molecular complexity index is 469. The Labute approximate surface area is 111 Å². The van der Waals surface area contributed by atoms with Crippen LogP contribution in [-0.4, -0.2) is 13.7 Å². The molecule has 2 N–H and O–H groups in total. The van der Waals surface area contributed by atoms with Crippen molar-refractivity contribution in [3.8, 4) is 5.75 Å². The van der Waals surface area contributed by atoms with Crippen LogP contribution in [0.2, 0.25) is 0 Å². The van der Waals surface area contributed by atoms with Gasteiger partial charge in [-0.3, -0.25) is 0 Å². The topological polar surface area (TPSA) is 35.2 Å². The molecular formula is C12H13BrF3NO. The summed E-state index contributed by atoms with van der Waals surface area (Å²) >= 11 is 3.21. The van der Waals surface area contributed by atoms with Crippen LogP contribution in [0.3, 0.4) is 0 Å². The molecule has 2 rings (SSSR count). The maximum atomic E-state index is 12.7. The van der Waals surface area contributed by atoms with Crippen molar-refractivity contribution < 1.29 is 17.9 Å². The van der Waals surface area contributed by atoms with Gasteiger partial charge in [0, 0.05) is 22.0 Å². The second-order valence-electron chi connectivity index (χ2n) is 4.52. The predicted molar refractivity (Wildman–Crippen MR) is 65.7 cm³/mol. The second-order valence-corrected chi connectivity index (χ2v) is 5.37. The van der Waals surface area contributed by atoms with Gasteiger partial charge in [0.25, 0.3) is 0 Å². The zero-order chi connectivity index (χ0) is 13.6. The van der Waals surface area contributed by atoms with Crippen LogP contribution in [0.1, 0.15) is 24.0 Å². The van der Waals surface area contributed by atoms with E-state index in [1.54, 1.807) is 0 Å². The van der Waals surface area contributed by atoms with E-state index in [1.807, 2.05) is 0 Å². The Balaban J connectivity index is 2.56. The molecule has 1 aliphatic carbocycles. The van der Waals surface area contributed by atoms with Crippen molar-refractivity contribution in [3.05, 3.63) is 27.7 Å². The molecule has 2 nitrogen and oxygen atoms in total. The number of rotatable bonds is 3. The first-order chi connectivity index (χ1) is 8.34. The van der Waals surface area contributed by atoms with Gasteiger partial charge >= 0.3 is 6.18 Å². The molecule has 0 bridgehead atoms. The van der Waals surface area contributed by atoms with Gasteiger partial charge in [-0.25, -0.2) is 0 Å². The van der Waals surface area contributed by atoms with E-state index < -0.39 is 11.7 Å². The smallest absolute Gasteiger partial charge is 0.416 e. The van der Waals surface area contributed by atoms with Crippen LogP contribution in [0.4, 0.5) is 13.2 Å². The molecule has 0 amide bonds. The maximum absolute atomic E-state index is 12.7. The van der Waals surface area contributed by atoms with Gasteiger partial charge in [0.05, 0.1) is 12.7 Å². The van der Waals surface area contributed by atoms with Crippen molar-refractivity contribution in [2.45, 2.75) is 24.4 Å². The van der Waals surface area contributed by atoms with Gasteiger partial charge < -0.3 is 10.5 Å². The second kappa shape index (κ2) is 4.42. The van der Waals surface area contributed by atoms with E-state index in [2.05, 4.69) is 15.9 Å². The van der Waals surface area contributed by atoms with Gasteiger partial charge in [-0.1, -0.05) is 15.9 Å². The summed E-state index contributed by atoms with van der Waals surface area (Å²) in [4.78, 5) is 0. The fourth-order valence-electron chi connectivity index (χ4n) is 2.13. The Morgan fingerprint density at radius 1 is 1.39 bits per heavy atom. The minimum atomic E-state index is -4.38. The number of halogens is 4. The Hall–Kier alpha value is -0.750. The molecule has 1 fully saturated rings. The summed E-state index contributed by atoms with van der Waals surface area (Å²) in [5, 5.41) is 0. The maximum Gasteiger partial charge on any atom is 0.416 e. The van der Waals surface area contributed by atoms with Crippen LogP contribution in [-0.2, 0) is 11.6 Å². The molecule has 0 spiro atoms. The highest BCUT2D eigenvalue weighted by atomic mass is 79.9. The lowest BCUT2D eigenvalue weighted by atomic mass is 9.94. The zero-order valence-corrected chi connectivity index (χ0v) is 11.4. The van der Waals surface area contributed by atoms with Gasteiger partial charge in [-0.15, -0.1) is 0 Å². The van der Waals surface area contributed by atoms with E-state index in [0.717, 1.165) is 30.5 Å². The normalized spacial score (nSPS) is 17.7. The largest absolute Gasteiger partial charge is 0.496 e. The van der Waals surface area contributed by atoms with E-state index in [1.165, 1.54) is 7.11 Å². The molecule has 0 saturated heterocycles. The van der Waals surface area contributed by atoms with E-state index in [9.17, 15) is 13.2 Å². The van der Waals surface area contributed by atoms with Crippen LogP contribution in [0, 0.1) is 0 Å². The summed E-state index contributed by atoms with van der Waals surface area (Å²) in [6, 6.07) is 2.13. The standard InChI is InChI=1S/C12H13BrF3NO/c1-18-9-5-7(12(14,15)16)4-8(13)10(9)11(6-17)2-3-11/h4-5H,2-3,6,17H2,1H3. The number of hydrogen-bond donors (Lipinski definition) is 1. The van der Waals surface area contributed by atoms with E-state index >= 15 is 0 Å². The molecule has 1 aliphatic rings. The van der Waals surface area contributed by atoms with Crippen molar-refractivity contribution in [3.63, 3.8) is 0 Å². The quantitative estimate of drug-likeness (QED) is 0.924. The predicted octanol–water partition coefficient (Wildman–Crippen LogP) is 3.47. The summed E-state index contributed by atoms with van der Waals surface area (Å²) < 4.78 is 43.6. The summed E-state index contributed by atoms with van der Waals surface area (Å²) in [5.74, 6) is 0.250. The number of hydrogen-bond acceptors (Lipinski definition) is 2. The molecule has 0 radical (unpaired) electrons. The molecule has 6 heteroatoms. The summed E-state index contributed by atoms with van der Waals surface area (Å²) in [7, 11) is 1.37. The molecule has 0 aromatic heterocycles. The Morgan fingerprint density at radius 2 is 2.00 bits per heavy atom. The van der Waals surface area contributed by atoms with E-state index in [0.29, 0.717) is 11.0 Å². The fraction of sp³-hybridized carbons (Fsp3) is 0.500. The van der Waals surface area contributed by atoms with Crippen LogP contribution in [0.25, 0.3) is 0 Å². The highest BCUT2D eigenvalue weighted by Gasteiger charge is 2.47. The van der Waals surface area contributed by atoms with Gasteiger partial charge in [0.15, 0.2) is 0 Å². The highest BCUT2D eigenvalue weighted by Crippen LogP contribution is 2.54. The molecule has 0 unspecified atom stereocenters. The van der Waals surface area contributed by atoms with Gasteiger partial charge in [-0.2, -0.15) is 13.2 Å². The number of nitrogens with two attached hydrogens (primary N) is 1. The molecule has 1 saturated carbocycles. The fourth-order valence-corrected chi connectivity index (χ4v) is 2.99. The first-order valence-electron chi connectivity index (χ1n) is 5.49. The molecule has 100 valence electrons. The first kappa shape index (κ1) is 13.7. The average molecular weight is 324 g/mol. The molecule has 1 aromatic rings. The SMILES string of the molecule is COc1cc(C(F)(F)F)cc(Br)c1C1(CN)CC1. The lowest BCUT2D eigenvalue weighted by molar-refractivity contribution is -0.137. The third-order valence-corrected chi connectivity index (χ3v) is 4.00. The number of benzene rings is 1. The third-order valence-electron chi connectivity index (χ3n) is 3.38. The molecule has 18 heavy (non-hydrogen) atoms. The monoisotopic (exact) mass is 323 g/mol. The van der Waals surface area contributed by atoms with E-state index in [-0.39, 0.29) is 11.2 Å². The minimum absolute atomic E-state index is 0.228. The van der Waals surface area contributed by atoms with E-state index in [4.69, 9.17) is 10.5 Å². The van der Waals surface area contributed by atoms with Crippen molar-refractivity contribution >= 4 is 15.9 Å². The van der Waals surface area contributed by atoms with Crippen LogP contribution in [0.5, 0.6) is 5.75 Å². The Morgan fingerprint density at radius 3 is 2.39 bits per heavy atom. The summed E-state index contributed by atoms with van der Waals surface area (Å²) in [6.07, 6.45) is -2.62. The summed E-state index contributed by atoms with van der Waals surface area (Å²) in [5.41, 5.74) is 5.52. The Kier molecular flexibility index (Phi) is 3.36. The number of alkyl halides is 3. The third kappa shape index (κ3) is 2.23. The van der Waals surface area contributed by atoms with Crippen LogP contribution in [0.15, 0.2) is 16.6 Å². The molecule has 0 heterocycles. The van der Waals surface area contributed by atoms with Crippen molar-refractivity contribution in [2.24, 2.45) is 5.73 Å². The van der Waals surface area contributed by atoms with Gasteiger partial charge in [-0.05, 0) is 25.0 Å². The van der Waals surface area contributed by atoms with Crippen molar-refractivity contribution in [1.29, 1.82) is 0 Å². The van der Waals surface area contributed by atoms with Crippen LogP contribution >= 0.6 is 15.9 Å². The molecule has 0 atom stereocenters. The highest BCUT2D eigenvalue weighted by molar-refractivity contribution is 9.10. The van der Waals surface area contributed by atoms with Gasteiger partial charge in [0.1, 0.15) is 5.75 Å². The zero-order valence-electron chi connectivity index (χ0n) is 9.77. The first-order valence-corrected chi connectivity index (χ1v) is 6.28. The van der Waals surface area contributed by atoms with Crippen molar-refractivity contribution in [2.75, 3.05) is 13.7 Å². The lowest BCUT2D eigenvalue weighted by Crippen LogP contribution is -2.21. The minimum Gasteiger partial charge on any atom is -0.496 e.